The number of rotatable bonds is 4. The highest BCUT2D eigenvalue weighted by Gasteiger charge is 2.23. The van der Waals surface area contributed by atoms with Crippen molar-refractivity contribution in [1.82, 2.24) is 5.32 Å². The molecule has 0 heterocycles. The molecule has 1 aromatic rings. The third kappa shape index (κ3) is 4.20. The predicted molar refractivity (Wildman–Crippen MR) is 84.6 cm³/mol. The van der Waals surface area contributed by atoms with Gasteiger partial charge in [0.1, 0.15) is 0 Å². The van der Waals surface area contributed by atoms with Crippen LogP contribution in [0.3, 0.4) is 0 Å². The highest BCUT2D eigenvalue weighted by atomic mass is 79.9. The highest BCUT2D eigenvalue weighted by molar-refractivity contribution is 9.10. The van der Waals surface area contributed by atoms with Crippen molar-refractivity contribution in [1.29, 1.82) is 0 Å². The summed E-state index contributed by atoms with van der Waals surface area (Å²) >= 11 is 3.27. The minimum Gasteiger partial charge on any atom is -0.478 e. The van der Waals surface area contributed by atoms with Gasteiger partial charge in [-0.05, 0) is 52.4 Å². The molecule has 6 heteroatoms. The first-order valence-electron chi connectivity index (χ1n) is 7.05. The Kier molecular flexibility index (Phi) is 5.22. The van der Waals surface area contributed by atoms with Crippen molar-refractivity contribution < 1.29 is 14.7 Å². The molecule has 1 saturated carbocycles. The first kappa shape index (κ1) is 15.8. The Balaban J connectivity index is 1.89. The smallest absolute Gasteiger partial charge is 0.335 e. The van der Waals surface area contributed by atoms with E-state index in [-0.39, 0.29) is 11.6 Å². The third-order valence-corrected chi connectivity index (χ3v) is 4.68. The fraction of sp³-hybridized carbons (Fsp3) is 0.467. The van der Waals surface area contributed by atoms with E-state index >= 15 is 0 Å². The highest BCUT2D eigenvalue weighted by Crippen LogP contribution is 2.30. The number of aromatic carboxylic acids is 1. The summed E-state index contributed by atoms with van der Waals surface area (Å²) in [5.41, 5.74) is 0.726. The number of anilines is 1. The van der Waals surface area contributed by atoms with Crippen LogP contribution in [-0.2, 0) is 0 Å². The van der Waals surface area contributed by atoms with Crippen molar-refractivity contribution in [3.63, 3.8) is 0 Å². The zero-order valence-corrected chi connectivity index (χ0v) is 13.4. The van der Waals surface area contributed by atoms with Gasteiger partial charge in [-0.2, -0.15) is 0 Å². The number of amides is 2. The number of urea groups is 1. The lowest BCUT2D eigenvalue weighted by atomic mass is 9.98. The summed E-state index contributed by atoms with van der Waals surface area (Å²) < 4.78 is 0.548. The number of carboxylic acid groups (broad SMARTS) is 1. The second-order valence-corrected chi connectivity index (χ2v) is 6.36. The fourth-order valence-electron chi connectivity index (χ4n) is 2.67. The second-order valence-electron chi connectivity index (χ2n) is 5.50. The SMILES string of the molecule is CC1CCCC1CNC(=O)Nc1ccc(C(=O)O)cc1Br. The maximum atomic E-state index is 11.9. The Bertz CT molecular complexity index is 548. The normalized spacial score (nSPS) is 21.0. The van der Waals surface area contributed by atoms with E-state index in [4.69, 9.17) is 5.11 Å². The summed E-state index contributed by atoms with van der Waals surface area (Å²) in [6, 6.07) is 4.24. The van der Waals surface area contributed by atoms with Crippen molar-refractivity contribution >= 4 is 33.6 Å². The van der Waals surface area contributed by atoms with Crippen molar-refractivity contribution in [2.75, 3.05) is 11.9 Å². The van der Waals surface area contributed by atoms with Crippen LogP contribution in [0, 0.1) is 11.8 Å². The number of benzene rings is 1. The lowest BCUT2D eigenvalue weighted by Gasteiger charge is -2.16. The van der Waals surface area contributed by atoms with Gasteiger partial charge in [0.05, 0.1) is 11.3 Å². The molecule has 21 heavy (non-hydrogen) atoms. The molecule has 0 radical (unpaired) electrons. The van der Waals surface area contributed by atoms with Gasteiger partial charge in [-0.25, -0.2) is 9.59 Å². The summed E-state index contributed by atoms with van der Waals surface area (Å²) in [5, 5.41) is 14.5. The van der Waals surface area contributed by atoms with Crippen molar-refractivity contribution in [3.05, 3.63) is 28.2 Å². The van der Waals surface area contributed by atoms with Crippen LogP contribution < -0.4 is 10.6 Å². The minimum absolute atomic E-state index is 0.174. The summed E-state index contributed by atoms with van der Waals surface area (Å²) in [6.45, 7) is 2.90. The Labute approximate surface area is 132 Å². The summed E-state index contributed by atoms with van der Waals surface area (Å²) in [7, 11) is 0. The number of nitrogens with one attached hydrogen (secondary N) is 2. The van der Waals surface area contributed by atoms with E-state index in [0.717, 1.165) is 0 Å². The monoisotopic (exact) mass is 354 g/mol. The average Bonchev–Trinajstić information content (AvgIpc) is 2.84. The molecule has 0 aromatic heterocycles. The molecule has 1 fully saturated rings. The van der Waals surface area contributed by atoms with E-state index in [2.05, 4.69) is 33.5 Å². The van der Waals surface area contributed by atoms with Crippen LogP contribution in [0.2, 0.25) is 0 Å². The molecule has 1 aliphatic carbocycles. The van der Waals surface area contributed by atoms with E-state index in [0.29, 0.717) is 28.5 Å². The molecule has 1 aromatic carbocycles. The molecule has 0 spiro atoms. The summed E-state index contributed by atoms with van der Waals surface area (Å²) in [6.07, 6.45) is 3.63. The molecule has 2 unspecified atom stereocenters. The van der Waals surface area contributed by atoms with Crippen LogP contribution in [-0.4, -0.2) is 23.7 Å². The van der Waals surface area contributed by atoms with Gasteiger partial charge >= 0.3 is 12.0 Å². The molecular formula is C15H19BrN2O3. The Morgan fingerprint density at radius 3 is 2.71 bits per heavy atom. The van der Waals surface area contributed by atoms with Crippen LogP contribution >= 0.6 is 15.9 Å². The minimum atomic E-state index is -0.998. The lowest BCUT2D eigenvalue weighted by molar-refractivity contribution is 0.0697. The van der Waals surface area contributed by atoms with Gasteiger partial charge in [0, 0.05) is 11.0 Å². The van der Waals surface area contributed by atoms with Gasteiger partial charge in [-0.1, -0.05) is 19.8 Å². The number of carboxylic acids is 1. The Hall–Kier alpha value is -1.56. The maximum absolute atomic E-state index is 11.9. The Morgan fingerprint density at radius 1 is 1.38 bits per heavy atom. The quantitative estimate of drug-likeness (QED) is 0.771. The second kappa shape index (κ2) is 6.93. The molecule has 0 saturated heterocycles. The first-order chi connectivity index (χ1) is 9.97. The van der Waals surface area contributed by atoms with Crippen LogP contribution in [0.4, 0.5) is 10.5 Å². The molecule has 2 amide bonds. The largest absolute Gasteiger partial charge is 0.478 e. The van der Waals surface area contributed by atoms with E-state index < -0.39 is 5.97 Å². The predicted octanol–water partition coefficient (Wildman–Crippen LogP) is 3.71. The molecule has 114 valence electrons. The molecule has 2 atom stereocenters. The lowest BCUT2D eigenvalue weighted by Crippen LogP contribution is -2.33. The van der Waals surface area contributed by atoms with E-state index in [1.54, 1.807) is 6.07 Å². The van der Waals surface area contributed by atoms with Gasteiger partial charge in [0.2, 0.25) is 0 Å². The van der Waals surface area contributed by atoms with Crippen molar-refractivity contribution in [2.45, 2.75) is 26.2 Å². The van der Waals surface area contributed by atoms with E-state index in [9.17, 15) is 9.59 Å². The first-order valence-corrected chi connectivity index (χ1v) is 7.84. The Morgan fingerprint density at radius 2 is 2.14 bits per heavy atom. The zero-order chi connectivity index (χ0) is 15.4. The molecule has 5 nitrogen and oxygen atoms in total. The summed E-state index contributed by atoms with van der Waals surface area (Å²) in [5.74, 6) is 0.211. The molecule has 3 N–H and O–H groups in total. The van der Waals surface area contributed by atoms with Crippen LogP contribution in [0.1, 0.15) is 36.5 Å². The zero-order valence-electron chi connectivity index (χ0n) is 11.9. The average molecular weight is 355 g/mol. The van der Waals surface area contributed by atoms with Crippen LogP contribution in [0.5, 0.6) is 0 Å². The van der Waals surface area contributed by atoms with Crippen molar-refractivity contribution in [2.24, 2.45) is 11.8 Å². The number of hydrogen-bond acceptors (Lipinski definition) is 2. The molecule has 0 aliphatic heterocycles. The van der Waals surface area contributed by atoms with E-state index in [1.165, 1.54) is 31.4 Å². The van der Waals surface area contributed by atoms with E-state index in [1.807, 2.05) is 0 Å². The maximum Gasteiger partial charge on any atom is 0.335 e. The van der Waals surface area contributed by atoms with Gasteiger partial charge in [0.25, 0.3) is 0 Å². The van der Waals surface area contributed by atoms with Gasteiger partial charge in [-0.3, -0.25) is 0 Å². The number of carbonyl (C=O) groups excluding carboxylic acids is 1. The molecule has 0 bridgehead atoms. The standard InChI is InChI=1S/C15H19BrN2O3/c1-9-3-2-4-11(9)8-17-15(21)18-13-6-5-10(14(19)20)7-12(13)16/h5-7,9,11H,2-4,8H2,1H3,(H,19,20)(H2,17,18,21). The summed E-state index contributed by atoms with van der Waals surface area (Å²) in [4.78, 5) is 22.7. The van der Waals surface area contributed by atoms with Crippen molar-refractivity contribution in [3.8, 4) is 0 Å². The fourth-order valence-corrected chi connectivity index (χ4v) is 3.14. The van der Waals surface area contributed by atoms with Gasteiger partial charge in [-0.15, -0.1) is 0 Å². The number of carbonyl (C=O) groups is 2. The van der Waals surface area contributed by atoms with Crippen LogP contribution in [0.15, 0.2) is 22.7 Å². The third-order valence-electron chi connectivity index (χ3n) is 4.03. The molecule has 1 aliphatic rings. The molecular weight excluding hydrogens is 336 g/mol. The molecule has 2 rings (SSSR count). The number of hydrogen-bond donors (Lipinski definition) is 3. The van der Waals surface area contributed by atoms with Gasteiger partial charge < -0.3 is 15.7 Å². The van der Waals surface area contributed by atoms with Crippen LogP contribution in [0.25, 0.3) is 0 Å². The number of halogens is 1. The van der Waals surface area contributed by atoms with Gasteiger partial charge in [0.15, 0.2) is 0 Å². The topological polar surface area (TPSA) is 78.4 Å².